The van der Waals surface area contributed by atoms with Crippen molar-refractivity contribution in [2.75, 3.05) is 13.9 Å². The Balaban J connectivity index is 2.38. The average molecular weight is 224 g/mol. The van der Waals surface area contributed by atoms with Gasteiger partial charge in [0.25, 0.3) is 0 Å². The van der Waals surface area contributed by atoms with Gasteiger partial charge in [0.15, 0.2) is 0 Å². The summed E-state index contributed by atoms with van der Waals surface area (Å²) < 4.78 is 9.96. The third-order valence-corrected chi connectivity index (χ3v) is 2.12. The van der Waals surface area contributed by atoms with E-state index in [1.807, 2.05) is 24.3 Å². The number of hydrogen-bond acceptors (Lipinski definition) is 3. The van der Waals surface area contributed by atoms with Crippen LogP contribution in [0.5, 0.6) is 0 Å². The standard InChI is InChI=1S/C12H16O4/c1-15-9-16-8-11-4-2-10(3-5-11)6-7-12(13)14/h2-5H,6-9H2,1H3,(H,13,14). The molecule has 1 aromatic rings. The van der Waals surface area contributed by atoms with Gasteiger partial charge in [-0.15, -0.1) is 0 Å². The molecule has 0 aliphatic carbocycles. The highest BCUT2D eigenvalue weighted by Gasteiger charge is 1.99. The van der Waals surface area contributed by atoms with Gasteiger partial charge in [0.2, 0.25) is 0 Å². The molecule has 0 bridgehead atoms. The van der Waals surface area contributed by atoms with Crippen molar-refractivity contribution >= 4 is 5.97 Å². The molecule has 0 amide bonds. The second kappa shape index (κ2) is 6.98. The van der Waals surface area contributed by atoms with E-state index >= 15 is 0 Å². The Morgan fingerprint density at radius 3 is 2.44 bits per heavy atom. The summed E-state index contributed by atoms with van der Waals surface area (Å²) in [6.07, 6.45) is 0.730. The highest BCUT2D eigenvalue weighted by molar-refractivity contribution is 5.67. The number of carbonyl (C=O) groups is 1. The van der Waals surface area contributed by atoms with Gasteiger partial charge in [0.1, 0.15) is 6.79 Å². The zero-order valence-corrected chi connectivity index (χ0v) is 9.31. The zero-order valence-electron chi connectivity index (χ0n) is 9.31. The molecule has 0 aliphatic rings. The van der Waals surface area contributed by atoms with E-state index in [-0.39, 0.29) is 13.2 Å². The Labute approximate surface area is 94.8 Å². The highest BCUT2D eigenvalue weighted by atomic mass is 16.7. The van der Waals surface area contributed by atoms with Crippen molar-refractivity contribution in [2.24, 2.45) is 0 Å². The molecular formula is C12H16O4. The van der Waals surface area contributed by atoms with E-state index in [2.05, 4.69) is 0 Å². The van der Waals surface area contributed by atoms with Crippen LogP contribution in [0, 0.1) is 0 Å². The molecule has 0 atom stereocenters. The first kappa shape index (κ1) is 12.7. The maximum Gasteiger partial charge on any atom is 0.303 e. The second-order valence-electron chi connectivity index (χ2n) is 3.47. The molecule has 0 aliphatic heterocycles. The molecule has 4 nitrogen and oxygen atoms in total. The van der Waals surface area contributed by atoms with Crippen molar-refractivity contribution in [3.05, 3.63) is 35.4 Å². The summed E-state index contributed by atoms with van der Waals surface area (Å²) in [6, 6.07) is 7.72. The van der Waals surface area contributed by atoms with Crippen LogP contribution in [0.3, 0.4) is 0 Å². The monoisotopic (exact) mass is 224 g/mol. The van der Waals surface area contributed by atoms with Crippen LogP contribution >= 0.6 is 0 Å². The van der Waals surface area contributed by atoms with Crippen LogP contribution < -0.4 is 0 Å². The number of carboxylic acid groups (broad SMARTS) is 1. The van der Waals surface area contributed by atoms with Crippen LogP contribution in [0.2, 0.25) is 0 Å². The summed E-state index contributed by atoms with van der Waals surface area (Å²) in [7, 11) is 1.58. The van der Waals surface area contributed by atoms with Crippen LogP contribution in [-0.4, -0.2) is 25.0 Å². The quantitative estimate of drug-likeness (QED) is 0.567. The minimum Gasteiger partial charge on any atom is -0.481 e. The van der Waals surface area contributed by atoms with Crippen LogP contribution in [0.1, 0.15) is 17.5 Å². The van der Waals surface area contributed by atoms with Crippen molar-refractivity contribution in [2.45, 2.75) is 19.4 Å². The predicted octanol–water partition coefficient (Wildman–Crippen LogP) is 1.82. The summed E-state index contributed by atoms with van der Waals surface area (Å²) >= 11 is 0. The van der Waals surface area contributed by atoms with Gasteiger partial charge in [-0.05, 0) is 17.5 Å². The molecule has 0 spiro atoms. The summed E-state index contributed by atoms with van der Waals surface area (Å²) in [5, 5.41) is 8.54. The van der Waals surface area contributed by atoms with Gasteiger partial charge in [-0.3, -0.25) is 4.79 Å². The van der Waals surface area contributed by atoms with Crippen molar-refractivity contribution in [3.63, 3.8) is 0 Å². The maximum atomic E-state index is 10.4. The van der Waals surface area contributed by atoms with Crippen LogP contribution in [-0.2, 0) is 27.3 Å². The normalized spacial score (nSPS) is 10.3. The lowest BCUT2D eigenvalue weighted by Crippen LogP contribution is -1.99. The van der Waals surface area contributed by atoms with Gasteiger partial charge in [-0.2, -0.15) is 0 Å². The largest absolute Gasteiger partial charge is 0.481 e. The Morgan fingerprint density at radius 2 is 1.88 bits per heavy atom. The third kappa shape index (κ3) is 4.91. The SMILES string of the molecule is COCOCc1ccc(CCC(=O)O)cc1. The topological polar surface area (TPSA) is 55.8 Å². The molecule has 0 fully saturated rings. The highest BCUT2D eigenvalue weighted by Crippen LogP contribution is 2.07. The van der Waals surface area contributed by atoms with Crippen molar-refractivity contribution in [1.82, 2.24) is 0 Å². The molecule has 4 heteroatoms. The molecule has 88 valence electrons. The molecule has 0 radical (unpaired) electrons. The molecule has 0 saturated heterocycles. The predicted molar refractivity (Wildman–Crippen MR) is 59.1 cm³/mol. The molecule has 16 heavy (non-hydrogen) atoms. The first-order chi connectivity index (χ1) is 7.72. The summed E-state index contributed by atoms with van der Waals surface area (Å²) in [6.45, 7) is 0.786. The Kier molecular flexibility index (Phi) is 5.53. The second-order valence-corrected chi connectivity index (χ2v) is 3.47. The van der Waals surface area contributed by atoms with Crippen LogP contribution in [0.25, 0.3) is 0 Å². The van der Waals surface area contributed by atoms with Gasteiger partial charge in [-0.1, -0.05) is 24.3 Å². The molecular weight excluding hydrogens is 208 g/mol. The zero-order chi connectivity index (χ0) is 11.8. The minimum atomic E-state index is -0.771. The number of aryl methyl sites for hydroxylation is 1. The number of methoxy groups -OCH3 is 1. The van der Waals surface area contributed by atoms with Gasteiger partial charge in [-0.25, -0.2) is 0 Å². The molecule has 1 aromatic carbocycles. The van der Waals surface area contributed by atoms with E-state index < -0.39 is 5.97 Å². The number of rotatable bonds is 7. The van der Waals surface area contributed by atoms with Crippen molar-refractivity contribution in [1.29, 1.82) is 0 Å². The fourth-order valence-corrected chi connectivity index (χ4v) is 1.30. The number of hydrogen-bond donors (Lipinski definition) is 1. The molecule has 1 N–H and O–H groups in total. The van der Waals surface area contributed by atoms with Gasteiger partial charge in [0.05, 0.1) is 6.61 Å². The van der Waals surface area contributed by atoms with E-state index in [1.54, 1.807) is 7.11 Å². The average Bonchev–Trinajstić information content (AvgIpc) is 2.28. The van der Waals surface area contributed by atoms with E-state index in [9.17, 15) is 4.79 Å². The molecule has 0 heterocycles. The Bertz CT molecular complexity index is 318. The number of ether oxygens (including phenoxy) is 2. The fraction of sp³-hybridized carbons (Fsp3) is 0.417. The van der Waals surface area contributed by atoms with Crippen LogP contribution in [0.15, 0.2) is 24.3 Å². The lowest BCUT2D eigenvalue weighted by molar-refractivity contribution is -0.136. The van der Waals surface area contributed by atoms with Crippen molar-refractivity contribution in [3.8, 4) is 0 Å². The van der Waals surface area contributed by atoms with E-state index in [0.29, 0.717) is 13.0 Å². The Morgan fingerprint density at radius 1 is 1.25 bits per heavy atom. The summed E-state index contributed by atoms with van der Waals surface area (Å²) in [5.41, 5.74) is 2.08. The van der Waals surface area contributed by atoms with E-state index in [0.717, 1.165) is 11.1 Å². The lowest BCUT2D eigenvalue weighted by Gasteiger charge is -2.04. The molecule has 0 aromatic heterocycles. The van der Waals surface area contributed by atoms with Gasteiger partial charge in [0, 0.05) is 13.5 Å². The number of aliphatic carboxylic acids is 1. The first-order valence-electron chi connectivity index (χ1n) is 5.08. The minimum absolute atomic E-state index is 0.166. The first-order valence-corrected chi connectivity index (χ1v) is 5.08. The smallest absolute Gasteiger partial charge is 0.303 e. The molecule has 0 saturated carbocycles. The Hall–Kier alpha value is -1.39. The maximum absolute atomic E-state index is 10.4. The van der Waals surface area contributed by atoms with Gasteiger partial charge >= 0.3 is 5.97 Å². The fourth-order valence-electron chi connectivity index (χ4n) is 1.30. The van der Waals surface area contributed by atoms with E-state index in [4.69, 9.17) is 14.6 Å². The number of benzene rings is 1. The molecule has 0 unspecified atom stereocenters. The summed E-state index contributed by atoms with van der Waals surface area (Å²) in [5.74, 6) is -0.771. The van der Waals surface area contributed by atoms with Crippen molar-refractivity contribution < 1.29 is 19.4 Å². The van der Waals surface area contributed by atoms with Crippen LogP contribution in [0.4, 0.5) is 0 Å². The molecule has 1 rings (SSSR count). The van der Waals surface area contributed by atoms with Gasteiger partial charge < -0.3 is 14.6 Å². The third-order valence-electron chi connectivity index (χ3n) is 2.12. The summed E-state index contributed by atoms with van der Waals surface area (Å²) in [4.78, 5) is 10.4. The lowest BCUT2D eigenvalue weighted by atomic mass is 10.1. The number of carboxylic acids is 1. The van der Waals surface area contributed by atoms with E-state index in [1.165, 1.54) is 0 Å².